The van der Waals surface area contributed by atoms with Gasteiger partial charge in [0.05, 0.1) is 20.8 Å². The molecule has 5 rings (SSSR count). The minimum atomic E-state index is -3.72. The van der Waals surface area contributed by atoms with Gasteiger partial charge in [-0.15, -0.1) is 11.3 Å². The first-order valence-electron chi connectivity index (χ1n) is 8.42. The average Bonchev–Trinajstić information content (AvgIpc) is 3.27. The summed E-state index contributed by atoms with van der Waals surface area (Å²) in [5.74, 6) is 0. The number of rotatable bonds is 4. The van der Waals surface area contributed by atoms with Gasteiger partial charge in [-0.25, -0.2) is 13.4 Å². The summed E-state index contributed by atoms with van der Waals surface area (Å²) in [6.45, 7) is 0. The molecule has 0 unspecified atom stereocenters. The second kappa shape index (κ2) is 6.51. The Kier molecular flexibility index (Phi) is 4.08. The van der Waals surface area contributed by atoms with Crippen molar-refractivity contribution < 1.29 is 12.8 Å². The number of hydrogen-bond donors (Lipinski definition) is 1. The molecule has 0 atom stereocenters. The van der Waals surface area contributed by atoms with Gasteiger partial charge >= 0.3 is 0 Å². The normalized spacial score (nSPS) is 12.2. The molecule has 0 saturated heterocycles. The predicted molar refractivity (Wildman–Crippen MR) is 116 cm³/mol. The van der Waals surface area contributed by atoms with E-state index in [2.05, 4.69) is 9.71 Å². The molecule has 0 aliphatic rings. The van der Waals surface area contributed by atoms with Crippen LogP contribution in [0.1, 0.15) is 0 Å². The number of aromatic nitrogens is 1. The number of hydrogen-bond acceptors (Lipinski definition) is 6. The van der Waals surface area contributed by atoms with Crippen molar-refractivity contribution in [2.24, 2.45) is 0 Å². The molecule has 0 saturated carbocycles. The van der Waals surface area contributed by atoms with Gasteiger partial charge in [-0.3, -0.25) is 4.72 Å². The molecule has 0 amide bonds. The van der Waals surface area contributed by atoms with Crippen molar-refractivity contribution in [3.63, 3.8) is 0 Å². The van der Waals surface area contributed by atoms with Crippen molar-refractivity contribution in [1.82, 2.24) is 4.98 Å². The van der Waals surface area contributed by atoms with Gasteiger partial charge in [0.25, 0.3) is 10.0 Å². The standard InChI is InChI=1S/C20H14N2O3S3/c1-26-20-21-16-9-7-13(11-19(16)27-20)28(23,24)22-12-6-8-15-14-4-2-3-5-17(14)25-18(15)10-12/h2-11,22H,1H3. The summed E-state index contributed by atoms with van der Waals surface area (Å²) in [7, 11) is -3.72. The molecular weight excluding hydrogens is 412 g/mol. The number of sulfonamides is 1. The van der Waals surface area contributed by atoms with Crippen LogP contribution >= 0.6 is 23.1 Å². The summed E-state index contributed by atoms with van der Waals surface area (Å²) < 4.78 is 36.0. The fourth-order valence-corrected chi connectivity index (χ4v) is 5.82. The van der Waals surface area contributed by atoms with E-state index in [0.717, 1.165) is 30.9 Å². The van der Waals surface area contributed by atoms with Crippen molar-refractivity contribution in [3.05, 3.63) is 60.7 Å². The number of furan rings is 1. The lowest BCUT2D eigenvalue weighted by molar-refractivity contribution is 0.601. The summed E-state index contributed by atoms with van der Waals surface area (Å²) in [5, 5.41) is 1.96. The second-order valence-corrected chi connectivity index (χ2v) is 9.99. The molecule has 2 heterocycles. The zero-order valence-electron chi connectivity index (χ0n) is 14.7. The van der Waals surface area contributed by atoms with Gasteiger partial charge in [-0.2, -0.15) is 0 Å². The Bertz CT molecular complexity index is 1450. The average molecular weight is 427 g/mol. The number of thioether (sulfide) groups is 1. The maximum atomic E-state index is 12.9. The molecule has 0 bridgehead atoms. The molecule has 5 nitrogen and oxygen atoms in total. The monoisotopic (exact) mass is 426 g/mol. The minimum Gasteiger partial charge on any atom is -0.456 e. The number of thiazole rings is 1. The van der Waals surface area contributed by atoms with Crippen molar-refractivity contribution in [2.75, 3.05) is 11.0 Å². The minimum absolute atomic E-state index is 0.209. The molecule has 5 aromatic rings. The van der Waals surface area contributed by atoms with Gasteiger partial charge in [0.2, 0.25) is 0 Å². The Hall–Kier alpha value is -2.55. The number of para-hydroxylation sites is 1. The number of benzene rings is 3. The first-order valence-corrected chi connectivity index (χ1v) is 11.9. The highest BCUT2D eigenvalue weighted by Crippen LogP contribution is 2.32. The lowest BCUT2D eigenvalue weighted by Gasteiger charge is -2.08. The van der Waals surface area contributed by atoms with E-state index in [4.69, 9.17) is 4.42 Å². The summed E-state index contributed by atoms with van der Waals surface area (Å²) in [4.78, 5) is 4.66. The van der Waals surface area contributed by atoms with Crippen LogP contribution in [-0.4, -0.2) is 19.7 Å². The van der Waals surface area contributed by atoms with Crippen LogP contribution in [0.5, 0.6) is 0 Å². The Balaban J connectivity index is 1.52. The van der Waals surface area contributed by atoms with Crippen LogP contribution in [0, 0.1) is 0 Å². The largest absolute Gasteiger partial charge is 0.456 e. The van der Waals surface area contributed by atoms with Gasteiger partial charge in [0.1, 0.15) is 11.2 Å². The molecular formula is C20H14N2O3S3. The van der Waals surface area contributed by atoms with Gasteiger partial charge in [0, 0.05) is 16.8 Å². The highest BCUT2D eigenvalue weighted by molar-refractivity contribution is 8.00. The molecule has 28 heavy (non-hydrogen) atoms. The summed E-state index contributed by atoms with van der Waals surface area (Å²) in [5.41, 5.74) is 2.68. The first-order chi connectivity index (χ1) is 13.5. The van der Waals surface area contributed by atoms with Crippen molar-refractivity contribution in [2.45, 2.75) is 9.24 Å². The van der Waals surface area contributed by atoms with Crippen molar-refractivity contribution in [1.29, 1.82) is 0 Å². The van der Waals surface area contributed by atoms with E-state index in [1.165, 1.54) is 11.3 Å². The van der Waals surface area contributed by atoms with Crippen LogP contribution in [0.4, 0.5) is 5.69 Å². The maximum Gasteiger partial charge on any atom is 0.261 e. The third-order valence-electron chi connectivity index (χ3n) is 4.46. The predicted octanol–water partition coefficient (Wildman–Crippen LogP) is 5.72. The van der Waals surface area contributed by atoms with Crippen LogP contribution in [0.25, 0.3) is 32.2 Å². The zero-order valence-corrected chi connectivity index (χ0v) is 17.1. The molecule has 2 aromatic heterocycles. The molecule has 3 aromatic carbocycles. The van der Waals surface area contributed by atoms with Crippen molar-refractivity contribution >= 4 is 71.0 Å². The van der Waals surface area contributed by atoms with Gasteiger partial charge < -0.3 is 4.42 Å². The van der Waals surface area contributed by atoms with Gasteiger partial charge in [-0.05, 0) is 42.7 Å². The number of nitrogens with one attached hydrogen (secondary N) is 1. The number of anilines is 1. The SMILES string of the molecule is CSc1nc2ccc(S(=O)(=O)Nc3ccc4c(c3)oc3ccccc34)cc2s1. The van der Waals surface area contributed by atoms with E-state index >= 15 is 0 Å². The third kappa shape index (κ3) is 2.94. The Labute approximate surface area is 169 Å². The van der Waals surface area contributed by atoms with E-state index < -0.39 is 10.0 Å². The van der Waals surface area contributed by atoms with Gasteiger partial charge in [0.15, 0.2) is 4.34 Å². The van der Waals surface area contributed by atoms with Crippen LogP contribution in [0.3, 0.4) is 0 Å². The molecule has 140 valence electrons. The molecule has 0 spiro atoms. The summed E-state index contributed by atoms with van der Waals surface area (Å²) >= 11 is 3.03. The lowest BCUT2D eigenvalue weighted by atomic mass is 10.1. The molecule has 0 aliphatic heterocycles. The zero-order chi connectivity index (χ0) is 19.3. The molecule has 0 radical (unpaired) electrons. The second-order valence-electron chi connectivity index (χ2n) is 6.23. The van der Waals surface area contributed by atoms with Crippen LogP contribution in [-0.2, 0) is 10.0 Å². The molecule has 1 N–H and O–H groups in total. The van der Waals surface area contributed by atoms with E-state index in [1.54, 1.807) is 42.1 Å². The van der Waals surface area contributed by atoms with Crippen molar-refractivity contribution in [3.8, 4) is 0 Å². The Morgan fingerprint density at radius 1 is 1.00 bits per heavy atom. The highest BCUT2D eigenvalue weighted by atomic mass is 32.2. The Morgan fingerprint density at radius 2 is 1.82 bits per heavy atom. The topological polar surface area (TPSA) is 72.2 Å². The lowest BCUT2D eigenvalue weighted by Crippen LogP contribution is -2.12. The van der Waals surface area contributed by atoms with E-state index in [0.29, 0.717) is 11.3 Å². The van der Waals surface area contributed by atoms with E-state index in [-0.39, 0.29) is 4.90 Å². The molecule has 0 aliphatic carbocycles. The summed E-state index contributed by atoms with van der Waals surface area (Å²) in [6, 6.07) is 18.0. The smallest absolute Gasteiger partial charge is 0.261 e. The fourth-order valence-electron chi connectivity index (χ4n) is 3.14. The van der Waals surface area contributed by atoms with Crippen LogP contribution < -0.4 is 4.72 Å². The first kappa shape index (κ1) is 17.5. The van der Waals surface area contributed by atoms with E-state index in [9.17, 15) is 8.42 Å². The highest BCUT2D eigenvalue weighted by Gasteiger charge is 2.17. The van der Waals surface area contributed by atoms with Crippen LogP contribution in [0.2, 0.25) is 0 Å². The molecule has 0 fully saturated rings. The number of fused-ring (bicyclic) bond motifs is 4. The van der Waals surface area contributed by atoms with E-state index in [1.807, 2.05) is 36.6 Å². The molecule has 8 heteroatoms. The summed E-state index contributed by atoms with van der Waals surface area (Å²) in [6.07, 6.45) is 1.95. The third-order valence-corrected chi connectivity index (χ3v) is 7.84. The maximum absolute atomic E-state index is 12.9. The fraction of sp³-hybridized carbons (Fsp3) is 0.0500. The number of nitrogens with zero attached hydrogens (tertiary/aromatic N) is 1. The quantitative estimate of drug-likeness (QED) is 0.372. The Morgan fingerprint density at radius 3 is 2.68 bits per heavy atom. The van der Waals surface area contributed by atoms with Crippen LogP contribution in [0.15, 0.2) is 74.3 Å². The van der Waals surface area contributed by atoms with Gasteiger partial charge in [-0.1, -0.05) is 30.0 Å².